The zero-order valence-electron chi connectivity index (χ0n) is 37.8. The summed E-state index contributed by atoms with van der Waals surface area (Å²) in [5.41, 5.74) is 2.11. The Kier molecular flexibility index (Phi) is 21.4. The Hall–Kier alpha value is -6.04. The standard InChI is InChI=1S/C52H68N4O8/c1-3-5-7-9-11-15-31-61-43-25-19-23-41(33-43)55-49(57)37-63-47-29-17-21-39(51(47)59)35-53-45-27-13-14-28-46(45)54-36-40-22-18-30-48(52(40)60)64-38-50(58)56-42-24-20-26-44(34-42)62-32-16-12-10-8-6-4-2/h17-26,29-30,33-36,45-46,59-60H,3-16,27-28,31-32,37-38H2,1-2H3,(H,55,57)(H,56,58). The molecule has 2 amide bonds. The van der Waals surface area contributed by atoms with Crippen LogP contribution in [0.15, 0.2) is 94.9 Å². The van der Waals surface area contributed by atoms with E-state index in [2.05, 4.69) is 24.5 Å². The van der Waals surface area contributed by atoms with Crippen molar-refractivity contribution in [3.05, 3.63) is 96.1 Å². The summed E-state index contributed by atoms with van der Waals surface area (Å²) in [5.74, 6) is 0.757. The number of unbranched alkanes of at least 4 members (excludes halogenated alkanes) is 10. The van der Waals surface area contributed by atoms with Gasteiger partial charge in [0.1, 0.15) is 11.5 Å². The summed E-state index contributed by atoms with van der Waals surface area (Å²) < 4.78 is 23.2. The molecule has 4 aromatic rings. The highest BCUT2D eigenvalue weighted by Crippen LogP contribution is 2.32. The number of rotatable bonds is 28. The van der Waals surface area contributed by atoms with Crippen LogP contribution in [0.3, 0.4) is 0 Å². The molecule has 1 aliphatic carbocycles. The van der Waals surface area contributed by atoms with Crippen molar-refractivity contribution in [3.63, 3.8) is 0 Å². The number of aromatic hydroxyl groups is 2. The highest BCUT2D eigenvalue weighted by Gasteiger charge is 2.24. The predicted molar refractivity (Wildman–Crippen MR) is 256 cm³/mol. The van der Waals surface area contributed by atoms with Gasteiger partial charge in [-0.05, 0) is 74.2 Å². The largest absolute Gasteiger partial charge is 0.504 e. The Morgan fingerprint density at radius 3 is 1.41 bits per heavy atom. The van der Waals surface area contributed by atoms with Gasteiger partial charge in [-0.3, -0.25) is 19.6 Å². The van der Waals surface area contributed by atoms with Crippen LogP contribution in [-0.2, 0) is 9.59 Å². The molecule has 1 saturated carbocycles. The summed E-state index contributed by atoms with van der Waals surface area (Å²) in [6, 6.07) is 24.4. The van der Waals surface area contributed by atoms with Crippen molar-refractivity contribution in [2.75, 3.05) is 37.1 Å². The fourth-order valence-corrected chi connectivity index (χ4v) is 7.46. The number of aliphatic imine (C=N–C) groups is 2. The third-order valence-electron chi connectivity index (χ3n) is 11.1. The first-order valence-electron chi connectivity index (χ1n) is 23.3. The average Bonchev–Trinajstić information content (AvgIpc) is 3.30. The third-order valence-corrected chi connectivity index (χ3v) is 11.1. The molecule has 2 atom stereocenters. The lowest BCUT2D eigenvalue weighted by atomic mass is 9.91. The molecule has 12 heteroatoms. The molecule has 2 unspecified atom stereocenters. The topological polar surface area (TPSA) is 160 Å². The van der Waals surface area contributed by atoms with Crippen LogP contribution in [0.4, 0.5) is 11.4 Å². The van der Waals surface area contributed by atoms with Crippen molar-refractivity contribution in [1.29, 1.82) is 0 Å². The Morgan fingerprint density at radius 2 is 0.969 bits per heavy atom. The summed E-state index contributed by atoms with van der Waals surface area (Å²) in [5, 5.41) is 27.8. The quantitative estimate of drug-likeness (QED) is 0.0324. The molecule has 0 spiro atoms. The van der Waals surface area contributed by atoms with Crippen molar-refractivity contribution in [2.24, 2.45) is 9.98 Å². The number of amides is 2. The summed E-state index contributed by atoms with van der Waals surface area (Å²) in [6.07, 6.45) is 21.0. The highest BCUT2D eigenvalue weighted by molar-refractivity contribution is 5.93. The molecule has 4 N–H and O–H groups in total. The molecule has 0 heterocycles. The van der Waals surface area contributed by atoms with Gasteiger partial charge in [0, 0.05) is 47.1 Å². The van der Waals surface area contributed by atoms with Gasteiger partial charge >= 0.3 is 0 Å². The molecule has 0 saturated heterocycles. The first-order chi connectivity index (χ1) is 31.3. The maximum absolute atomic E-state index is 12.8. The minimum Gasteiger partial charge on any atom is -0.504 e. The van der Waals surface area contributed by atoms with E-state index in [-0.39, 0.29) is 60.1 Å². The Bertz CT molecular complexity index is 1940. The number of phenolic OH excluding ortho intramolecular Hbond substituents is 2. The molecule has 1 fully saturated rings. The maximum Gasteiger partial charge on any atom is 0.262 e. The molecule has 5 rings (SSSR count). The zero-order valence-corrected chi connectivity index (χ0v) is 37.8. The van der Waals surface area contributed by atoms with Crippen molar-refractivity contribution in [2.45, 2.75) is 129 Å². The van der Waals surface area contributed by atoms with Crippen LogP contribution in [0.1, 0.15) is 128 Å². The molecule has 0 aliphatic heterocycles. The molecule has 0 bridgehead atoms. The fourth-order valence-electron chi connectivity index (χ4n) is 7.46. The third kappa shape index (κ3) is 17.3. The number of hydrogen-bond acceptors (Lipinski definition) is 10. The number of ether oxygens (including phenoxy) is 4. The van der Waals surface area contributed by atoms with Crippen LogP contribution in [0.5, 0.6) is 34.5 Å². The normalized spacial score (nSPS) is 15.0. The minimum absolute atomic E-state index is 0.114. The molecular formula is C52H68N4O8. The van der Waals surface area contributed by atoms with Gasteiger partial charge in [-0.1, -0.05) is 115 Å². The fraction of sp³-hybridized carbons (Fsp3) is 0.462. The van der Waals surface area contributed by atoms with Gasteiger partial charge < -0.3 is 39.8 Å². The van der Waals surface area contributed by atoms with Crippen LogP contribution >= 0.6 is 0 Å². The number of carbonyl (C=O) groups excluding carboxylic acids is 2. The van der Waals surface area contributed by atoms with E-state index in [0.717, 1.165) is 51.4 Å². The summed E-state index contributed by atoms with van der Waals surface area (Å²) in [7, 11) is 0. The molecule has 4 aromatic carbocycles. The van der Waals surface area contributed by atoms with Crippen molar-refractivity contribution in [3.8, 4) is 34.5 Å². The Morgan fingerprint density at radius 1 is 0.562 bits per heavy atom. The summed E-state index contributed by atoms with van der Waals surface area (Å²) in [6.45, 7) is 5.08. The van der Waals surface area contributed by atoms with Crippen LogP contribution in [0.25, 0.3) is 0 Å². The van der Waals surface area contributed by atoms with Gasteiger partial charge in [0.15, 0.2) is 36.2 Å². The molecule has 64 heavy (non-hydrogen) atoms. The number of carbonyl (C=O) groups is 2. The Balaban J connectivity index is 1.08. The lowest BCUT2D eigenvalue weighted by Gasteiger charge is -2.25. The summed E-state index contributed by atoms with van der Waals surface area (Å²) >= 11 is 0. The summed E-state index contributed by atoms with van der Waals surface area (Å²) in [4.78, 5) is 35.2. The minimum atomic E-state index is -0.371. The SMILES string of the molecule is CCCCCCCCOc1cccc(NC(=O)COc2cccc(C=NC3CCCCC3N=Cc3cccc(OCC(=O)Nc4cccc(OCCCCCCCC)c4)c3O)c2O)c1. The van der Waals surface area contributed by atoms with Gasteiger partial charge in [-0.25, -0.2) is 0 Å². The van der Waals surface area contributed by atoms with E-state index in [1.807, 2.05) is 24.3 Å². The second kappa shape index (κ2) is 27.9. The van der Waals surface area contributed by atoms with E-state index in [9.17, 15) is 19.8 Å². The zero-order chi connectivity index (χ0) is 45.2. The number of benzene rings is 4. The van der Waals surface area contributed by atoms with Crippen molar-refractivity contribution in [1.82, 2.24) is 0 Å². The molecule has 1 aliphatic rings. The number of phenols is 2. The number of para-hydroxylation sites is 2. The lowest BCUT2D eigenvalue weighted by molar-refractivity contribution is -0.118. The number of nitrogens with zero attached hydrogens (tertiary/aromatic N) is 2. The van der Waals surface area contributed by atoms with Gasteiger partial charge in [-0.2, -0.15) is 0 Å². The van der Waals surface area contributed by atoms with Crippen LogP contribution < -0.4 is 29.6 Å². The number of hydrogen-bond donors (Lipinski definition) is 4. The van der Waals surface area contributed by atoms with Crippen LogP contribution in [0.2, 0.25) is 0 Å². The highest BCUT2D eigenvalue weighted by atomic mass is 16.5. The maximum atomic E-state index is 12.8. The van der Waals surface area contributed by atoms with E-state index in [1.165, 1.54) is 51.4 Å². The predicted octanol–water partition coefficient (Wildman–Crippen LogP) is 11.5. The molecule has 0 aromatic heterocycles. The van der Waals surface area contributed by atoms with E-state index < -0.39 is 0 Å². The smallest absolute Gasteiger partial charge is 0.262 e. The molecule has 344 valence electrons. The first-order valence-corrected chi connectivity index (χ1v) is 23.3. The molecular weight excluding hydrogens is 809 g/mol. The number of anilines is 2. The van der Waals surface area contributed by atoms with E-state index in [1.54, 1.807) is 73.1 Å². The van der Waals surface area contributed by atoms with E-state index >= 15 is 0 Å². The van der Waals surface area contributed by atoms with Gasteiger partial charge in [0.05, 0.1) is 25.3 Å². The first kappa shape index (κ1) is 49.0. The lowest BCUT2D eigenvalue weighted by Crippen LogP contribution is -2.27. The van der Waals surface area contributed by atoms with E-state index in [0.29, 0.717) is 47.2 Å². The number of nitrogens with one attached hydrogen (secondary N) is 2. The van der Waals surface area contributed by atoms with Crippen molar-refractivity contribution < 1.29 is 38.7 Å². The van der Waals surface area contributed by atoms with Crippen LogP contribution in [-0.4, -0.2) is 73.0 Å². The second-order valence-electron chi connectivity index (χ2n) is 16.3. The molecule has 12 nitrogen and oxygen atoms in total. The Labute approximate surface area is 379 Å². The molecule has 0 radical (unpaired) electrons. The van der Waals surface area contributed by atoms with Crippen molar-refractivity contribution >= 4 is 35.6 Å². The van der Waals surface area contributed by atoms with Gasteiger partial charge in [0.25, 0.3) is 11.8 Å². The monoisotopic (exact) mass is 877 g/mol. The van der Waals surface area contributed by atoms with Gasteiger partial charge in [0.2, 0.25) is 0 Å². The van der Waals surface area contributed by atoms with Gasteiger partial charge in [-0.15, -0.1) is 0 Å². The van der Waals surface area contributed by atoms with Crippen LogP contribution in [0, 0.1) is 0 Å². The van der Waals surface area contributed by atoms with E-state index in [4.69, 9.17) is 28.9 Å². The second-order valence-corrected chi connectivity index (χ2v) is 16.3. The average molecular weight is 877 g/mol.